The van der Waals surface area contributed by atoms with Crippen LogP contribution < -0.4 is 0 Å². The summed E-state index contributed by atoms with van der Waals surface area (Å²) in [6, 6.07) is 0. The summed E-state index contributed by atoms with van der Waals surface area (Å²) >= 11 is 0. The SMILES string of the molecule is CCCCCCCC/C=C/CCCCCCOC(=O)CCCCCCCCCCCCCCCCCCCCCCCCC. The molecule has 0 aliphatic carbocycles. The van der Waals surface area contributed by atoms with Gasteiger partial charge in [-0.2, -0.15) is 0 Å². The van der Waals surface area contributed by atoms with E-state index in [0.29, 0.717) is 13.0 Å². The van der Waals surface area contributed by atoms with Gasteiger partial charge in [0.25, 0.3) is 0 Å². The van der Waals surface area contributed by atoms with Crippen LogP contribution in [0.25, 0.3) is 0 Å². The Balaban J connectivity index is 3.17. The summed E-state index contributed by atoms with van der Waals surface area (Å²) in [6.07, 6.45) is 53.0. The molecule has 0 aromatic heterocycles. The van der Waals surface area contributed by atoms with E-state index in [4.69, 9.17) is 4.74 Å². The van der Waals surface area contributed by atoms with Gasteiger partial charge in [0.15, 0.2) is 0 Å². The molecular weight excluding hydrogens is 536 g/mol. The molecule has 0 radical (unpaired) electrons. The lowest BCUT2D eigenvalue weighted by Gasteiger charge is -2.05. The van der Waals surface area contributed by atoms with Gasteiger partial charge in [-0.25, -0.2) is 0 Å². The van der Waals surface area contributed by atoms with E-state index in [0.717, 1.165) is 12.8 Å². The molecule has 0 aromatic carbocycles. The van der Waals surface area contributed by atoms with Gasteiger partial charge in [0.2, 0.25) is 0 Å². The molecule has 2 nitrogen and oxygen atoms in total. The average molecular weight is 619 g/mol. The first-order chi connectivity index (χ1) is 21.8. The minimum absolute atomic E-state index is 0.0196. The quantitative estimate of drug-likeness (QED) is 0.0391. The fraction of sp³-hybridized carbons (Fsp3) is 0.929. The summed E-state index contributed by atoms with van der Waals surface area (Å²) in [6.45, 7) is 5.20. The highest BCUT2D eigenvalue weighted by molar-refractivity contribution is 5.69. The summed E-state index contributed by atoms with van der Waals surface area (Å²) in [4.78, 5) is 12.0. The highest BCUT2D eigenvalue weighted by atomic mass is 16.5. The molecule has 0 rings (SSSR count). The molecule has 0 atom stereocenters. The van der Waals surface area contributed by atoms with Gasteiger partial charge in [-0.3, -0.25) is 4.79 Å². The molecule has 0 saturated carbocycles. The van der Waals surface area contributed by atoms with Gasteiger partial charge in [0.05, 0.1) is 6.61 Å². The molecular formula is C42H82O2. The third kappa shape index (κ3) is 39.2. The Bertz CT molecular complexity index is 554. The minimum Gasteiger partial charge on any atom is -0.466 e. The van der Waals surface area contributed by atoms with E-state index in [2.05, 4.69) is 26.0 Å². The Morgan fingerprint density at radius 3 is 0.977 bits per heavy atom. The molecule has 2 heteroatoms. The lowest BCUT2D eigenvalue weighted by Crippen LogP contribution is -2.05. The van der Waals surface area contributed by atoms with Gasteiger partial charge in [0, 0.05) is 6.42 Å². The first kappa shape index (κ1) is 43.2. The number of ether oxygens (including phenoxy) is 1. The number of esters is 1. The topological polar surface area (TPSA) is 26.3 Å². The van der Waals surface area contributed by atoms with Crippen molar-refractivity contribution in [1.82, 2.24) is 0 Å². The van der Waals surface area contributed by atoms with Crippen LogP contribution in [0.2, 0.25) is 0 Å². The van der Waals surface area contributed by atoms with Crippen molar-refractivity contribution in [2.45, 2.75) is 245 Å². The van der Waals surface area contributed by atoms with Crippen LogP contribution in [0.5, 0.6) is 0 Å². The second-order valence-corrected chi connectivity index (χ2v) is 14.0. The number of unbranched alkanes of at least 4 members (excludes halogenated alkanes) is 32. The van der Waals surface area contributed by atoms with E-state index >= 15 is 0 Å². The van der Waals surface area contributed by atoms with Crippen LogP contribution in [-0.4, -0.2) is 12.6 Å². The zero-order chi connectivity index (χ0) is 31.9. The first-order valence-corrected chi connectivity index (χ1v) is 20.6. The highest BCUT2D eigenvalue weighted by Crippen LogP contribution is 2.16. The molecule has 0 spiro atoms. The Kier molecular flexibility index (Phi) is 39.5. The fourth-order valence-corrected chi connectivity index (χ4v) is 6.31. The second kappa shape index (κ2) is 40.2. The fourth-order valence-electron chi connectivity index (χ4n) is 6.31. The van der Waals surface area contributed by atoms with E-state index in [1.165, 1.54) is 212 Å². The van der Waals surface area contributed by atoms with Crippen molar-refractivity contribution in [2.24, 2.45) is 0 Å². The normalized spacial score (nSPS) is 11.6. The highest BCUT2D eigenvalue weighted by Gasteiger charge is 2.02. The van der Waals surface area contributed by atoms with Crippen molar-refractivity contribution >= 4 is 5.97 Å². The van der Waals surface area contributed by atoms with Crippen LogP contribution in [0.1, 0.15) is 245 Å². The zero-order valence-electron chi connectivity index (χ0n) is 30.6. The average Bonchev–Trinajstić information content (AvgIpc) is 3.03. The standard InChI is InChI=1S/C42H82O2/c1-3-5-7-9-11-13-15-17-19-20-21-22-23-24-25-26-27-28-30-32-34-36-38-40-42(43)44-41-39-37-35-33-31-29-18-16-14-12-10-8-6-4-2/h18,29H,3-17,19-28,30-41H2,1-2H3/b29-18+. The van der Waals surface area contributed by atoms with Crippen LogP contribution in [0.4, 0.5) is 0 Å². The molecule has 0 saturated heterocycles. The Labute approximate surface area is 278 Å². The lowest BCUT2D eigenvalue weighted by molar-refractivity contribution is -0.143. The van der Waals surface area contributed by atoms with E-state index in [-0.39, 0.29) is 5.97 Å². The van der Waals surface area contributed by atoms with Gasteiger partial charge < -0.3 is 4.74 Å². The largest absolute Gasteiger partial charge is 0.466 e. The molecule has 44 heavy (non-hydrogen) atoms. The number of carbonyl (C=O) groups is 1. The van der Waals surface area contributed by atoms with Crippen molar-refractivity contribution in [2.75, 3.05) is 6.61 Å². The Morgan fingerprint density at radius 2 is 0.636 bits per heavy atom. The monoisotopic (exact) mass is 619 g/mol. The molecule has 0 heterocycles. The summed E-state index contributed by atoms with van der Waals surface area (Å²) in [7, 11) is 0. The van der Waals surface area contributed by atoms with Crippen molar-refractivity contribution in [3.63, 3.8) is 0 Å². The molecule has 0 fully saturated rings. The van der Waals surface area contributed by atoms with Crippen molar-refractivity contribution < 1.29 is 9.53 Å². The van der Waals surface area contributed by atoms with E-state index in [1.807, 2.05) is 0 Å². The van der Waals surface area contributed by atoms with Gasteiger partial charge in [0.1, 0.15) is 0 Å². The third-order valence-corrected chi connectivity index (χ3v) is 9.40. The Morgan fingerprint density at radius 1 is 0.364 bits per heavy atom. The van der Waals surface area contributed by atoms with E-state index in [1.54, 1.807) is 0 Å². The number of rotatable bonds is 38. The van der Waals surface area contributed by atoms with Crippen LogP contribution >= 0.6 is 0 Å². The van der Waals surface area contributed by atoms with E-state index in [9.17, 15) is 4.79 Å². The maximum absolute atomic E-state index is 12.0. The minimum atomic E-state index is 0.0196. The second-order valence-electron chi connectivity index (χ2n) is 14.0. The third-order valence-electron chi connectivity index (χ3n) is 9.40. The number of hydrogen-bond donors (Lipinski definition) is 0. The molecule has 0 aliphatic heterocycles. The van der Waals surface area contributed by atoms with Crippen molar-refractivity contribution in [1.29, 1.82) is 0 Å². The summed E-state index contributed by atoms with van der Waals surface area (Å²) in [5.41, 5.74) is 0. The number of carbonyl (C=O) groups excluding carboxylic acids is 1. The van der Waals surface area contributed by atoms with Gasteiger partial charge >= 0.3 is 5.97 Å². The zero-order valence-corrected chi connectivity index (χ0v) is 30.6. The maximum atomic E-state index is 12.0. The molecule has 0 aromatic rings. The molecule has 0 bridgehead atoms. The number of hydrogen-bond acceptors (Lipinski definition) is 2. The van der Waals surface area contributed by atoms with Gasteiger partial charge in [-0.1, -0.05) is 212 Å². The molecule has 0 N–H and O–H groups in total. The Hall–Kier alpha value is -0.790. The predicted octanol–water partition coefficient (Wildman–Crippen LogP) is 15.2. The summed E-state index contributed by atoms with van der Waals surface area (Å²) < 4.78 is 5.45. The van der Waals surface area contributed by atoms with Gasteiger partial charge in [-0.05, 0) is 38.5 Å². The number of allylic oxidation sites excluding steroid dienone is 2. The summed E-state index contributed by atoms with van der Waals surface area (Å²) in [5.74, 6) is 0.0196. The van der Waals surface area contributed by atoms with Crippen molar-refractivity contribution in [3.05, 3.63) is 12.2 Å². The molecule has 0 amide bonds. The molecule has 0 aliphatic rings. The smallest absolute Gasteiger partial charge is 0.305 e. The van der Waals surface area contributed by atoms with Crippen molar-refractivity contribution in [3.8, 4) is 0 Å². The lowest BCUT2D eigenvalue weighted by atomic mass is 10.0. The molecule has 0 unspecified atom stereocenters. The maximum Gasteiger partial charge on any atom is 0.305 e. The van der Waals surface area contributed by atoms with Crippen LogP contribution in [0.3, 0.4) is 0 Å². The first-order valence-electron chi connectivity index (χ1n) is 20.6. The van der Waals surface area contributed by atoms with E-state index < -0.39 is 0 Å². The summed E-state index contributed by atoms with van der Waals surface area (Å²) in [5, 5.41) is 0. The van der Waals surface area contributed by atoms with Gasteiger partial charge in [-0.15, -0.1) is 0 Å². The molecule has 262 valence electrons. The van der Waals surface area contributed by atoms with Crippen LogP contribution in [-0.2, 0) is 9.53 Å². The van der Waals surface area contributed by atoms with Crippen LogP contribution in [0.15, 0.2) is 12.2 Å². The van der Waals surface area contributed by atoms with Crippen LogP contribution in [0, 0.1) is 0 Å². The predicted molar refractivity (Wildman–Crippen MR) is 198 cm³/mol.